The van der Waals surface area contributed by atoms with Crippen LogP contribution < -0.4 is 5.32 Å². The zero-order chi connectivity index (χ0) is 14.5. The van der Waals surface area contributed by atoms with Gasteiger partial charge in [0.2, 0.25) is 0 Å². The molecule has 2 unspecified atom stereocenters. The molecule has 1 fully saturated rings. The van der Waals surface area contributed by atoms with Gasteiger partial charge in [-0.05, 0) is 31.0 Å². The Morgan fingerprint density at radius 1 is 1.50 bits per heavy atom. The first-order valence-electron chi connectivity index (χ1n) is 6.62. The van der Waals surface area contributed by atoms with Crippen LogP contribution in [0.4, 0.5) is 4.39 Å². The molecule has 1 saturated heterocycles. The van der Waals surface area contributed by atoms with Crippen molar-refractivity contribution in [3.63, 3.8) is 0 Å². The number of hydrogen-bond acceptors (Lipinski definition) is 3. The van der Waals surface area contributed by atoms with Crippen LogP contribution in [0.5, 0.6) is 0 Å². The second-order valence-corrected chi connectivity index (χ2v) is 5.30. The fourth-order valence-corrected chi connectivity index (χ4v) is 2.14. The molecule has 20 heavy (non-hydrogen) atoms. The maximum atomic E-state index is 12.8. The average molecular weight is 301 g/mol. The molecule has 1 heterocycles. The zero-order valence-electron chi connectivity index (χ0n) is 11.3. The highest BCUT2D eigenvalue weighted by Gasteiger charge is 2.29. The molecule has 0 aromatic heterocycles. The standard InChI is InChI=1S/C14H18ClFN2O2/c1-10(16)8-17-13-6-7-20-18(14(13)19)9-11-2-4-12(15)5-3-11/h2-5,10,13,17H,6-9H2,1H3. The van der Waals surface area contributed by atoms with E-state index in [2.05, 4.69) is 5.32 Å². The summed E-state index contributed by atoms with van der Waals surface area (Å²) in [4.78, 5) is 17.6. The van der Waals surface area contributed by atoms with Gasteiger partial charge in [0.15, 0.2) is 0 Å². The van der Waals surface area contributed by atoms with Crippen molar-refractivity contribution in [3.05, 3.63) is 34.9 Å². The Hall–Kier alpha value is -1.17. The number of carbonyl (C=O) groups is 1. The number of benzene rings is 1. The van der Waals surface area contributed by atoms with E-state index in [1.54, 1.807) is 12.1 Å². The molecule has 1 aliphatic rings. The summed E-state index contributed by atoms with van der Waals surface area (Å²) in [6, 6.07) is 6.85. The summed E-state index contributed by atoms with van der Waals surface area (Å²) in [5.41, 5.74) is 0.933. The van der Waals surface area contributed by atoms with Crippen LogP contribution in [0.3, 0.4) is 0 Å². The maximum Gasteiger partial charge on any atom is 0.263 e. The van der Waals surface area contributed by atoms with Gasteiger partial charge in [0.25, 0.3) is 5.91 Å². The second-order valence-electron chi connectivity index (χ2n) is 4.86. The zero-order valence-corrected chi connectivity index (χ0v) is 12.1. The first kappa shape index (κ1) is 15.2. The predicted octanol–water partition coefficient (Wildman–Crippen LogP) is 2.32. The first-order valence-corrected chi connectivity index (χ1v) is 7.00. The number of alkyl halides is 1. The van der Waals surface area contributed by atoms with Crippen molar-refractivity contribution < 1.29 is 14.0 Å². The number of carbonyl (C=O) groups excluding carboxylic acids is 1. The Labute approximate surface area is 122 Å². The third kappa shape index (κ3) is 4.16. The minimum atomic E-state index is -0.977. The second kappa shape index (κ2) is 7.02. The minimum absolute atomic E-state index is 0.160. The van der Waals surface area contributed by atoms with Crippen LogP contribution in [-0.4, -0.2) is 36.3 Å². The molecule has 110 valence electrons. The van der Waals surface area contributed by atoms with E-state index in [9.17, 15) is 9.18 Å². The summed E-state index contributed by atoms with van der Waals surface area (Å²) in [5.74, 6) is -0.160. The highest BCUT2D eigenvalue weighted by Crippen LogP contribution is 2.15. The number of amides is 1. The van der Waals surface area contributed by atoms with Crippen LogP contribution in [0, 0.1) is 0 Å². The van der Waals surface area contributed by atoms with E-state index in [1.165, 1.54) is 12.0 Å². The van der Waals surface area contributed by atoms with E-state index in [0.29, 0.717) is 24.6 Å². The molecule has 2 rings (SSSR count). The van der Waals surface area contributed by atoms with Gasteiger partial charge in [-0.15, -0.1) is 0 Å². The molecule has 1 aromatic carbocycles. The topological polar surface area (TPSA) is 41.6 Å². The molecule has 1 aliphatic heterocycles. The Balaban J connectivity index is 1.94. The van der Waals surface area contributed by atoms with Gasteiger partial charge in [-0.25, -0.2) is 9.45 Å². The lowest BCUT2D eigenvalue weighted by molar-refractivity contribution is -0.206. The van der Waals surface area contributed by atoms with Crippen molar-refractivity contribution in [3.8, 4) is 0 Å². The van der Waals surface area contributed by atoms with Gasteiger partial charge in [-0.2, -0.15) is 0 Å². The number of hydroxylamine groups is 2. The Bertz CT molecular complexity index is 453. The lowest BCUT2D eigenvalue weighted by Crippen LogP contribution is -2.51. The van der Waals surface area contributed by atoms with Gasteiger partial charge < -0.3 is 5.32 Å². The molecular formula is C14H18ClFN2O2. The van der Waals surface area contributed by atoms with Crippen LogP contribution in [0.25, 0.3) is 0 Å². The number of halogens is 2. The molecular weight excluding hydrogens is 283 g/mol. The fraction of sp³-hybridized carbons (Fsp3) is 0.500. The lowest BCUT2D eigenvalue weighted by atomic mass is 10.1. The molecule has 2 atom stereocenters. The van der Waals surface area contributed by atoms with Crippen LogP contribution in [0.1, 0.15) is 18.9 Å². The molecule has 0 spiro atoms. The van der Waals surface area contributed by atoms with Crippen LogP contribution in [-0.2, 0) is 16.2 Å². The predicted molar refractivity (Wildman–Crippen MR) is 74.9 cm³/mol. The Morgan fingerprint density at radius 3 is 2.85 bits per heavy atom. The molecule has 4 nitrogen and oxygen atoms in total. The van der Waals surface area contributed by atoms with Crippen LogP contribution in [0.15, 0.2) is 24.3 Å². The van der Waals surface area contributed by atoms with Crippen LogP contribution >= 0.6 is 11.6 Å². The molecule has 1 N–H and O–H groups in total. The fourth-order valence-electron chi connectivity index (χ4n) is 2.01. The van der Waals surface area contributed by atoms with E-state index in [1.807, 2.05) is 12.1 Å². The van der Waals surface area contributed by atoms with E-state index in [4.69, 9.17) is 16.4 Å². The van der Waals surface area contributed by atoms with E-state index >= 15 is 0 Å². The summed E-state index contributed by atoms with van der Waals surface area (Å²) < 4.78 is 12.8. The van der Waals surface area contributed by atoms with Crippen molar-refractivity contribution in [2.24, 2.45) is 0 Å². The number of nitrogens with one attached hydrogen (secondary N) is 1. The van der Waals surface area contributed by atoms with Gasteiger partial charge in [-0.3, -0.25) is 9.63 Å². The molecule has 0 saturated carbocycles. The SMILES string of the molecule is CC(F)CNC1CCON(Cc2ccc(Cl)cc2)C1=O. The summed E-state index contributed by atoms with van der Waals surface area (Å²) in [7, 11) is 0. The van der Waals surface area contributed by atoms with Crippen molar-refractivity contribution in [1.82, 2.24) is 10.4 Å². The molecule has 0 bridgehead atoms. The molecule has 6 heteroatoms. The maximum absolute atomic E-state index is 12.8. The van der Waals surface area contributed by atoms with Crippen molar-refractivity contribution in [1.29, 1.82) is 0 Å². The number of hydrogen-bond donors (Lipinski definition) is 1. The third-order valence-corrected chi connectivity index (χ3v) is 3.33. The van der Waals surface area contributed by atoms with E-state index in [0.717, 1.165) is 5.56 Å². The van der Waals surface area contributed by atoms with Crippen LogP contribution in [0.2, 0.25) is 5.02 Å². The lowest BCUT2D eigenvalue weighted by Gasteiger charge is -2.32. The minimum Gasteiger partial charge on any atom is -0.303 e. The van der Waals surface area contributed by atoms with E-state index in [-0.39, 0.29) is 18.5 Å². The molecule has 1 amide bonds. The first-order chi connectivity index (χ1) is 9.56. The van der Waals surface area contributed by atoms with Gasteiger partial charge >= 0.3 is 0 Å². The van der Waals surface area contributed by atoms with Gasteiger partial charge in [0.05, 0.1) is 19.2 Å². The van der Waals surface area contributed by atoms with Gasteiger partial charge in [-0.1, -0.05) is 23.7 Å². The highest BCUT2D eigenvalue weighted by atomic mass is 35.5. The molecule has 1 aromatic rings. The average Bonchev–Trinajstić information content (AvgIpc) is 2.42. The van der Waals surface area contributed by atoms with Gasteiger partial charge in [0.1, 0.15) is 6.17 Å². The smallest absolute Gasteiger partial charge is 0.263 e. The van der Waals surface area contributed by atoms with Crippen molar-refractivity contribution in [2.45, 2.75) is 32.1 Å². The summed E-state index contributed by atoms with van der Waals surface area (Å²) >= 11 is 5.82. The third-order valence-electron chi connectivity index (χ3n) is 3.08. The summed E-state index contributed by atoms with van der Waals surface area (Å²) in [6.45, 7) is 2.44. The monoisotopic (exact) mass is 300 g/mol. The largest absolute Gasteiger partial charge is 0.303 e. The van der Waals surface area contributed by atoms with Crippen molar-refractivity contribution in [2.75, 3.05) is 13.2 Å². The Kier molecular flexibility index (Phi) is 5.34. The number of rotatable bonds is 5. The number of nitrogens with zero attached hydrogens (tertiary/aromatic N) is 1. The molecule has 0 radical (unpaired) electrons. The van der Waals surface area contributed by atoms with Gasteiger partial charge in [0, 0.05) is 11.6 Å². The normalized spacial score (nSPS) is 21.1. The quantitative estimate of drug-likeness (QED) is 0.907. The summed E-state index contributed by atoms with van der Waals surface area (Å²) in [5, 5.41) is 4.90. The van der Waals surface area contributed by atoms with E-state index < -0.39 is 6.17 Å². The molecule has 0 aliphatic carbocycles. The highest BCUT2D eigenvalue weighted by molar-refractivity contribution is 6.30. The summed E-state index contributed by atoms with van der Waals surface area (Å²) in [6.07, 6.45) is -0.418. The van der Waals surface area contributed by atoms with Crippen molar-refractivity contribution >= 4 is 17.5 Å². The Morgan fingerprint density at radius 2 is 2.20 bits per heavy atom.